The van der Waals surface area contributed by atoms with E-state index in [0.29, 0.717) is 22.8 Å². The summed E-state index contributed by atoms with van der Waals surface area (Å²) in [6.45, 7) is 1.91. The van der Waals surface area contributed by atoms with Crippen LogP contribution >= 0.6 is 11.6 Å². The number of nitrogen functional groups attached to an aromatic ring is 1. The van der Waals surface area contributed by atoms with E-state index in [9.17, 15) is 8.42 Å². The average Bonchev–Trinajstić information content (AvgIpc) is 2.81. The Morgan fingerprint density at radius 3 is 2.71 bits per heavy atom. The van der Waals surface area contributed by atoms with Crippen LogP contribution in [0.1, 0.15) is 11.4 Å². The maximum absolute atomic E-state index is 12.2. The van der Waals surface area contributed by atoms with Gasteiger partial charge in [0.15, 0.2) is 5.82 Å². The Labute approximate surface area is 128 Å². The first kappa shape index (κ1) is 15.7. The fourth-order valence-corrected chi connectivity index (χ4v) is 3.06. The third kappa shape index (κ3) is 3.72. The molecule has 0 aliphatic heterocycles. The minimum absolute atomic E-state index is 0.0934. The second-order valence-electron chi connectivity index (χ2n) is 4.63. The Balaban J connectivity index is 2.08. The number of halogens is 1. The maximum atomic E-state index is 12.2. The van der Waals surface area contributed by atoms with Crippen LogP contribution in [0.25, 0.3) is 0 Å². The molecule has 0 saturated heterocycles. The molecule has 7 nitrogen and oxygen atoms in total. The fourth-order valence-electron chi connectivity index (χ4n) is 1.80. The van der Waals surface area contributed by atoms with Crippen molar-refractivity contribution >= 4 is 27.3 Å². The molecule has 0 radical (unpaired) electrons. The minimum atomic E-state index is -3.64. The van der Waals surface area contributed by atoms with Gasteiger partial charge < -0.3 is 5.73 Å². The van der Waals surface area contributed by atoms with Gasteiger partial charge in [-0.1, -0.05) is 11.6 Å². The van der Waals surface area contributed by atoms with Gasteiger partial charge in [-0.15, -0.1) is 0 Å². The molecule has 0 fully saturated rings. The largest absolute Gasteiger partial charge is 0.397 e. The molecule has 9 heteroatoms. The Hall–Kier alpha value is -1.64. The van der Waals surface area contributed by atoms with Gasteiger partial charge >= 0.3 is 0 Å². The minimum Gasteiger partial charge on any atom is -0.397 e. The van der Waals surface area contributed by atoms with Gasteiger partial charge in [-0.2, -0.15) is 5.10 Å². The number of hydrogen-bond acceptors (Lipinski definition) is 5. The molecule has 0 saturated carbocycles. The molecule has 2 aromatic rings. The van der Waals surface area contributed by atoms with Crippen molar-refractivity contribution in [2.45, 2.75) is 18.2 Å². The van der Waals surface area contributed by atoms with Crippen LogP contribution in [-0.2, 0) is 23.5 Å². The van der Waals surface area contributed by atoms with Crippen LogP contribution in [0.2, 0.25) is 5.02 Å². The van der Waals surface area contributed by atoms with Crippen molar-refractivity contribution in [2.75, 3.05) is 12.3 Å². The molecular formula is C12H16ClN5O2S. The van der Waals surface area contributed by atoms with Crippen LogP contribution < -0.4 is 10.5 Å². The van der Waals surface area contributed by atoms with Gasteiger partial charge in [0.1, 0.15) is 6.33 Å². The first-order valence-electron chi connectivity index (χ1n) is 6.19. The quantitative estimate of drug-likeness (QED) is 0.793. The Kier molecular flexibility index (Phi) is 4.50. The van der Waals surface area contributed by atoms with Crippen molar-refractivity contribution in [3.8, 4) is 0 Å². The molecule has 0 amide bonds. The van der Waals surface area contributed by atoms with Gasteiger partial charge in [0.05, 0.1) is 15.6 Å². The summed E-state index contributed by atoms with van der Waals surface area (Å²) in [7, 11) is -1.89. The average molecular weight is 330 g/mol. The van der Waals surface area contributed by atoms with Crippen molar-refractivity contribution in [2.24, 2.45) is 7.05 Å². The van der Waals surface area contributed by atoms with E-state index in [0.717, 1.165) is 0 Å². The number of hydrogen-bond donors (Lipinski definition) is 2. The van der Waals surface area contributed by atoms with E-state index < -0.39 is 10.0 Å². The summed E-state index contributed by atoms with van der Waals surface area (Å²) < 4.78 is 28.4. The molecule has 1 aromatic carbocycles. The van der Waals surface area contributed by atoms with Crippen molar-refractivity contribution in [1.82, 2.24) is 19.5 Å². The summed E-state index contributed by atoms with van der Waals surface area (Å²) in [5.41, 5.74) is 6.55. The zero-order valence-electron chi connectivity index (χ0n) is 11.7. The Morgan fingerprint density at radius 2 is 2.14 bits per heavy atom. The van der Waals surface area contributed by atoms with Crippen molar-refractivity contribution in [3.63, 3.8) is 0 Å². The zero-order chi connectivity index (χ0) is 15.6. The fraction of sp³-hybridized carbons (Fsp3) is 0.333. The number of sulfonamides is 1. The van der Waals surface area contributed by atoms with Crippen LogP contribution in [0.5, 0.6) is 0 Å². The smallest absolute Gasteiger partial charge is 0.240 e. The normalized spacial score (nSPS) is 11.8. The molecule has 21 heavy (non-hydrogen) atoms. The molecular weight excluding hydrogens is 314 g/mol. The number of aryl methyl sites for hydroxylation is 2. The molecule has 1 heterocycles. The van der Waals surface area contributed by atoms with E-state index in [-0.39, 0.29) is 17.1 Å². The van der Waals surface area contributed by atoms with E-state index in [1.54, 1.807) is 25.0 Å². The van der Waals surface area contributed by atoms with Crippen molar-refractivity contribution in [3.05, 3.63) is 34.9 Å². The van der Waals surface area contributed by atoms with E-state index in [1.165, 1.54) is 12.1 Å². The van der Waals surface area contributed by atoms with Crippen molar-refractivity contribution < 1.29 is 8.42 Å². The molecule has 3 N–H and O–H groups in total. The lowest BCUT2D eigenvalue weighted by atomic mass is 10.2. The maximum Gasteiger partial charge on any atom is 0.240 e. The Morgan fingerprint density at radius 1 is 1.43 bits per heavy atom. The van der Waals surface area contributed by atoms with Gasteiger partial charge in [0.25, 0.3) is 0 Å². The molecule has 0 aliphatic carbocycles. The third-order valence-corrected chi connectivity index (χ3v) is 4.81. The number of nitrogens with two attached hydrogens (primary N) is 1. The second-order valence-corrected chi connectivity index (χ2v) is 6.77. The summed E-state index contributed by atoms with van der Waals surface area (Å²) in [5, 5.41) is 4.44. The molecule has 0 unspecified atom stereocenters. The summed E-state index contributed by atoms with van der Waals surface area (Å²) in [6, 6.07) is 2.83. The molecule has 114 valence electrons. The predicted octanol–water partition coefficient (Wildman–Crippen LogP) is 0.880. The number of benzene rings is 1. The lowest BCUT2D eigenvalue weighted by molar-refractivity contribution is 0.580. The highest BCUT2D eigenvalue weighted by molar-refractivity contribution is 7.89. The number of nitrogens with zero attached hydrogens (tertiary/aromatic N) is 3. The molecule has 1 aromatic heterocycles. The van der Waals surface area contributed by atoms with Crippen LogP contribution in [-0.4, -0.2) is 29.7 Å². The Bertz CT molecular complexity index is 734. The van der Waals surface area contributed by atoms with Gasteiger partial charge in [-0.25, -0.2) is 18.1 Å². The standard InChI is InChI=1S/C12H16ClN5O2S/c1-8-5-9(6-10(14)12(8)13)21(19,20)16-4-3-11-15-7-18(2)17-11/h5-7,16H,3-4,14H2,1-2H3. The number of rotatable bonds is 5. The van der Waals surface area contributed by atoms with E-state index in [2.05, 4.69) is 14.8 Å². The van der Waals surface area contributed by atoms with Gasteiger partial charge in [0.2, 0.25) is 10.0 Å². The predicted molar refractivity (Wildman–Crippen MR) is 80.5 cm³/mol. The molecule has 0 spiro atoms. The van der Waals surface area contributed by atoms with Crippen LogP contribution in [0.15, 0.2) is 23.4 Å². The van der Waals surface area contributed by atoms with Crippen molar-refractivity contribution in [1.29, 1.82) is 0 Å². The number of nitrogens with one attached hydrogen (secondary N) is 1. The summed E-state index contributed by atoms with van der Waals surface area (Å²) in [4.78, 5) is 4.12. The topological polar surface area (TPSA) is 103 Å². The van der Waals surface area contributed by atoms with E-state index in [1.807, 2.05) is 0 Å². The SMILES string of the molecule is Cc1cc(S(=O)(=O)NCCc2ncn(C)n2)cc(N)c1Cl. The van der Waals surface area contributed by atoms with Crippen LogP contribution in [0.4, 0.5) is 5.69 Å². The summed E-state index contributed by atoms with van der Waals surface area (Å²) >= 11 is 5.93. The lowest BCUT2D eigenvalue weighted by Crippen LogP contribution is -2.26. The van der Waals surface area contributed by atoms with Gasteiger partial charge in [-0.05, 0) is 24.6 Å². The summed E-state index contributed by atoms with van der Waals surface area (Å²) in [6.07, 6.45) is 1.97. The lowest BCUT2D eigenvalue weighted by Gasteiger charge is -2.09. The summed E-state index contributed by atoms with van der Waals surface area (Å²) in [5.74, 6) is 0.576. The highest BCUT2D eigenvalue weighted by Crippen LogP contribution is 2.26. The van der Waals surface area contributed by atoms with Crippen LogP contribution in [0.3, 0.4) is 0 Å². The van der Waals surface area contributed by atoms with Crippen LogP contribution in [0, 0.1) is 6.92 Å². The number of aromatic nitrogens is 3. The molecule has 2 rings (SSSR count). The molecule has 0 bridgehead atoms. The van der Waals surface area contributed by atoms with Gasteiger partial charge in [0, 0.05) is 20.0 Å². The third-order valence-electron chi connectivity index (χ3n) is 2.85. The highest BCUT2D eigenvalue weighted by atomic mass is 35.5. The number of anilines is 1. The first-order valence-corrected chi connectivity index (χ1v) is 8.05. The highest BCUT2D eigenvalue weighted by Gasteiger charge is 2.16. The molecule has 0 aliphatic rings. The molecule has 0 atom stereocenters. The monoisotopic (exact) mass is 329 g/mol. The zero-order valence-corrected chi connectivity index (χ0v) is 13.2. The van der Waals surface area contributed by atoms with E-state index in [4.69, 9.17) is 17.3 Å². The second kappa shape index (κ2) is 6.00. The first-order chi connectivity index (χ1) is 9.79. The van der Waals surface area contributed by atoms with E-state index >= 15 is 0 Å². The van der Waals surface area contributed by atoms with Gasteiger partial charge in [-0.3, -0.25) is 4.68 Å².